The van der Waals surface area contributed by atoms with Crippen LogP contribution in [0.5, 0.6) is 0 Å². The smallest absolute Gasteiger partial charge is 0.261 e. The Morgan fingerprint density at radius 1 is 0.793 bits per heavy atom. The molecule has 0 aliphatic carbocycles. The molecule has 0 aromatic heterocycles. The van der Waals surface area contributed by atoms with E-state index in [1.807, 2.05) is 12.1 Å². The summed E-state index contributed by atoms with van der Waals surface area (Å²) in [7, 11) is -3.92. The zero-order valence-corrected chi connectivity index (χ0v) is 15.8. The fourth-order valence-corrected chi connectivity index (χ4v) is 3.57. The molecule has 0 heterocycles. The molecule has 8 heteroatoms. The quantitative estimate of drug-likeness (QED) is 0.676. The van der Waals surface area contributed by atoms with Gasteiger partial charge in [-0.3, -0.25) is 9.52 Å². The van der Waals surface area contributed by atoms with E-state index < -0.39 is 15.9 Å². The number of sulfonamides is 1. The van der Waals surface area contributed by atoms with Gasteiger partial charge in [0.15, 0.2) is 0 Å². The number of benzene rings is 3. The van der Waals surface area contributed by atoms with Crippen LogP contribution in [0.3, 0.4) is 0 Å². The fraction of sp³-hybridized carbons (Fsp3) is 0. The average molecular weight is 402 g/mol. The monoisotopic (exact) mass is 402 g/mol. The second-order valence-corrected chi connectivity index (χ2v) is 7.65. The van der Waals surface area contributed by atoms with Gasteiger partial charge in [0.25, 0.3) is 15.9 Å². The van der Waals surface area contributed by atoms with E-state index in [1.54, 1.807) is 24.3 Å². The summed E-state index contributed by atoms with van der Waals surface area (Å²) in [4.78, 5) is 12.4. The van der Waals surface area contributed by atoms with Crippen molar-refractivity contribution in [2.24, 2.45) is 0 Å². The average Bonchev–Trinajstić information content (AvgIpc) is 2.74. The Morgan fingerprint density at radius 3 is 1.90 bits per heavy atom. The molecule has 0 aliphatic rings. The molecule has 0 bridgehead atoms. The molecule has 29 heavy (non-hydrogen) atoms. The van der Waals surface area contributed by atoms with Gasteiger partial charge in [0.1, 0.15) is 0 Å². The van der Waals surface area contributed by atoms with Gasteiger partial charge in [0, 0.05) is 16.9 Å². The van der Waals surface area contributed by atoms with E-state index in [4.69, 9.17) is 10.5 Å². The molecule has 2 N–H and O–H groups in total. The summed E-state index contributed by atoms with van der Waals surface area (Å²) in [5, 5.41) is 20.3. The Kier molecular flexibility index (Phi) is 5.59. The van der Waals surface area contributed by atoms with E-state index in [-0.39, 0.29) is 10.5 Å². The summed E-state index contributed by atoms with van der Waals surface area (Å²) in [5.74, 6) is -0.481. The lowest BCUT2D eigenvalue weighted by atomic mass is 10.2. The molecule has 0 saturated heterocycles. The molecule has 1 amide bonds. The van der Waals surface area contributed by atoms with Crippen molar-refractivity contribution in [3.05, 3.63) is 89.5 Å². The second kappa shape index (κ2) is 8.26. The number of carbonyl (C=O) groups is 1. The van der Waals surface area contributed by atoms with E-state index in [2.05, 4.69) is 10.0 Å². The number of hydrogen-bond donors (Lipinski definition) is 2. The molecule has 0 spiro atoms. The third-order valence-electron chi connectivity index (χ3n) is 3.94. The predicted molar refractivity (Wildman–Crippen MR) is 108 cm³/mol. The van der Waals surface area contributed by atoms with Crippen molar-refractivity contribution in [3.8, 4) is 12.1 Å². The molecule has 0 fully saturated rings. The molecule has 0 aliphatic heterocycles. The second-order valence-electron chi connectivity index (χ2n) is 5.97. The fourth-order valence-electron chi connectivity index (χ4n) is 2.46. The van der Waals surface area contributed by atoms with E-state index in [0.717, 1.165) is 0 Å². The van der Waals surface area contributed by atoms with Crippen LogP contribution in [0.15, 0.2) is 77.7 Å². The lowest BCUT2D eigenvalue weighted by molar-refractivity contribution is 0.102. The van der Waals surface area contributed by atoms with Gasteiger partial charge in [-0.25, -0.2) is 8.42 Å². The summed E-state index contributed by atoms with van der Waals surface area (Å²) >= 11 is 0. The van der Waals surface area contributed by atoms with Gasteiger partial charge >= 0.3 is 0 Å². The van der Waals surface area contributed by atoms with Crippen molar-refractivity contribution in [2.45, 2.75) is 4.90 Å². The molecule has 3 aromatic carbocycles. The summed E-state index contributed by atoms with van der Waals surface area (Å²) < 4.78 is 27.7. The molecular formula is C21H14N4O3S. The van der Waals surface area contributed by atoms with Crippen molar-refractivity contribution >= 4 is 27.3 Å². The highest BCUT2D eigenvalue weighted by atomic mass is 32.2. The first-order valence-electron chi connectivity index (χ1n) is 8.36. The Bertz CT molecular complexity index is 1240. The van der Waals surface area contributed by atoms with Crippen LogP contribution in [0, 0.1) is 22.7 Å². The lowest BCUT2D eigenvalue weighted by Gasteiger charge is -2.10. The third kappa shape index (κ3) is 4.78. The highest BCUT2D eigenvalue weighted by Gasteiger charge is 2.17. The lowest BCUT2D eigenvalue weighted by Crippen LogP contribution is -2.16. The first kappa shape index (κ1) is 19.6. The van der Waals surface area contributed by atoms with E-state index in [9.17, 15) is 13.2 Å². The van der Waals surface area contributed by atoms with Crippen LogP contribution in [0.4, 0.5) is 11.4 Å². The normalized spacial score (nSPS) is 10.4. The zero-order valence-electron chi connectivity index (χ0n) is 15.0. The standard InChI is InChI=1S/C21H14N4O3S/c22-13-15-4-8-18(9-5-15)24-21(26)17-2-1-3-20(12-17)29(27,28)25-19-10-6-16(14-23)7-11-19/h1-12,25H,(H,24,26). The SMILES string of the molecule is N#Cc1ccc(NC(=O)c2cccc(S(=O)(=O)Nc3ccc(C#N)cc3)c2)cc1. The van der Waals surface area contributed by atoms with Gasteiger partial charge in [-0.2, -0.15) is 10.5 Å². The Hall–Kier alpha value is -4.14. The highest BCUT2D eigenvalue weighted by molar-refractivity contribution is 7.92. The molecule has 3 rings (SSSR count). The maximum Gasteiger partial charge on any atom is 0.261 e. The number of amides is 1. The highest BCUT2D eigenvalue weighted by Crippen LogP contribution is 2.19. The maximum absolute atomic E-state index is 12.6. The summed E-state index contributed by atoms with van der Waals surface area (Å²) in [5.41, 5.74) is 1.82. The minimum atomic E-state index is -3.92. The van der Waals surface area contributed by atoms with Gasteiger partial charge in [-0.1, -0.05) is 6.07 Å². The van der Waals surface area contributed by atoms with Gasteiger partial charge in [0.2, 0.25) is 0 Å². The largest absolute Gasteiger partial charge is 0.322 e. The summed E-state index contributed by atoms with van der Waals surface area (Å²) in [6.45, 7) is 0. The van der Waals surface area contributed by atoms with Crippen LogP contribution in [0.1, 0.15) is 21.5 Å². The number of carbonyl (C=O) groups excluding carboxylic acids is 1. The van der Waals surface area contributed by atoms with Gasteiger partial charge in [-0.05, 0) is 66.7 Å². The number of nitrogens with one attached hydrogen (secondary N) is 2. The molecule has 0 atom stereocenters. The number of hydrogen-bond acceptors (Lipinski definition) is 5. The third-order valence-corrected chi connectivity index (χ3v) is 5.32. The van der Waals surface area contributed by atoms with Gasteiger partial charge < -0.3 is 5.32 Å². The molecule has 0 radical (unpaired) electrons. The van der Waals surface area contributed by atoms with Crippen molar-refractivity contribution < 1.29 is 13.2 Å². The van der Waals surface area contributed by atoms with Crippen LogP contribution in [0.25, 0.3) is 0 Å². The molecule has 0 saturated carbocycles. The summed E-state index contributed by atoms with van der Waals surface area (Å²) in [6.07, 6.45) is 0. The first-order valence-corrected chi connectivity index (χ1v) is 9.84. The Balaban J connectivity index is 1.79. The molecule has 3 aromatic rings. The molecule has 142 valence electrons. The zero-order chi connectivity index (χ0) is 20.9. The minimum Gasteiger partial charge on any atom is -0.322 e. The Morgan fingerprint density at radius 2 is 1.34 bits per heavy atom. The Labute approximate surface area is 167 Å². The van der Waals surface area contributed by atoms with Crippen molar-refractivity contribution in [2.75, 3.05) is 10.0 Å². The van der Waals surface area contributed by atoms with Crippen molar-refractivity contribution in [1.82, 2.24) is 0 Å². The van der Waals surface area contributed by atoms with Crippen LogP contribution in [0.2, 0.25) is 0 Å². The van der Waals surface area contributed by atoms with Gasteiger partial charge in [0.05, 0.1) is 28.2 Å². The predicted octanol–water partition coefficient (Wildman–Crippen LogP) is 3.48. The minimum absolute atomic E-state index is 0.0747. The number of nitrogens with zero attached hydrogens (tertiary/aromatic N) is 2. The van der Waals surface area contributed by atoms with Gasteiger partial charge in [-0.15, -0.1) is 0 Å². The van der Waals surface area contributed by atoms with Crippen LogP contribution in [-0.2, 0) is 10.0 Å². The van der Waals surface area contributed by atoms with E-state index >= 15 is 0 Å². The molecular weight excluding hydrogens is 388 g/mol. The molecule has 0 unspecified atom stereocenters. The number of rotatable bonds is 5. The van der Waals surface area contributed by atoms with Crippen molar-refractivity contribution in [1.29, 1.82) is 10.5 Å². The maximum atomic E-state index is 12.6. The number of nitriles is 2. The first-order chi connectivity index (χ1) is 13.9. The van der Waals surface area contributed by atoms with Crippen LogP contribution < -0.4 is 10.0 Å². The summed E-state index contributed by atoms with van der Waals surface area (Å²) in [6, 6.07) is 21.8. The molecule has 7 nitrogen and oxygen atoms in total. The van der Waals surface area contributed by atoms with Crippen LogP contribution in [-0.4, -0.2) is 14.3 Å². The van der Waals surface area contributed by atoms with Crippen LogP contribution >= 0.6 is 0 Å². The van der Waals surface area contributed by atoms with Crippen molar-refractivity contribution in [3.63, 3.8) is 0 Å². The number of anilines is 2. The topological polar surface area (TPSA) is 123 Å². The van der Waals surface area contributed by atoms with E-state index in [1.165, 1.54) is 48.5 Å². The van der Waals surface area contributed by atoms with E-state index in [0.29, 0.717) is 22.5 Å².